The van der Waals surface area contributed by atoms with Gasteiger partial charge in [-0.3, -0.25) is 4.57 Å². The number of rotatable bonds is 4. The minimum absolute atomic E-state index is 0.903. The van der Waals surface area contributed by atoms with Gasteiger partial charge in [0.2, 0.25) is 0 Å². The molecule has 0 N–H and O–H groups in total. The minimum Gasteiger partial charge on any atom is -0.456 e. The number of benzene rings is 8. The van der Waals surface area contributed by atoms with E-state index in [1.807, 2.05) is 12.1 Å². The van der Waals surface area contributed by atoms with Crippen LogP contribution in [0.4, 0.5) is 0 Å². The molecule has 3 heteroatoms. The van der Waals surface area contributed by atoms with Gasteiger partial charge in [0.05, 0.1) is 11.0 Å². The number of hydrogen-bond acceptors (Lipinski definition) is 2. The van der Waals surface area contributed by atoms with Gasteiger partial charge in [0.15, 0.2) is 0 Å². The molecule has 8 aromatic carbocycles. The van der Waals surface area contributed by atoms with Crippen LogP contribution in [-0.4, -0.2) is 9.55 Å². The molecule has 3 nitrogen and oxygen atoms in total. The highest BCUT2D eigenvalue weighted by molar-refractivity contribution is 6.23. The van der Waals surface area contributed by atoms with E-state index in [4.69, 9.17) is 9.40 Å². The molecule has 0 amide bonds. The maximum atomic E-state index is 6.21. The largest absolute Gasteiger partial charge is 0.456 e. The molecule has 0 atom stereocenters. The zero-order valence-corrected chi connectivity index (χ0v) is 26.0. The zero-order chi connectivity index (χ0) is 31.6. The fourth-order valence-corrected chi connectivity index (χ4v) is 7.55. The molecule has 0 aliphatic rings. The van der Waals surface area contributed by atoms with E-state index in [-0.39, 0.29) is 0 Å². The first-order valence-electron chi connectivity index (χ1n) is 16.3. The summed E-state index contributed by atoms with van der Waals surface area (Å²) in [5.74, 6) is 0.924. The quantitative estimate of drug-likeness (QED) is 0.185. The van der Waals surface area contributed by atoms with Gasteiger partial charge in [-0.15, -0.1) is 0 Å². The Morgan fingerprint density at radius 3 is 1.73 bits per heavy atom. The van der Waals surface area contributed by atoms with Gasteiger partial charge in [0, 0.05) is 22.0 Å². The van der Waals surface area contributed by atoms with Crippen LogP contribution in [-0.2, 0) is 0 Å². The average molecular weight is 613 g/mol. The van der Waals surface area contributed by atoms with Crippen molar-refractivity contribution in [1.82, 2.24) is 9.55 Å². The van der Waals surface area contributed by atoms with Crippen molar-refractivity contribution >= 4 is 54.5 Å². The predicted molar refractivity (Wildman–Crippen MR) is 200 cm³/mol. The molecule has 224 valence electrons. The Kier molecular flexibility index (Phi) is 5.87. The maximum Gasteiger partial charge on any atom is 0.146 e. The lowest BCUT2D eigenvalue weighted by molar-refractivity contribution is 0.669. The van der Waals surface area contributed by atoms with Crippen molar-refractivity contribution in [2.24, 2.45) is 0 Å². The Bertz CT molecular complexity index is 2780. The first kappa shape index (κ1) is 26.7. The summed E-state index contributed by atoms with van der Waals surface area (Å²) in [6.45, 7) is 0. The third kappa shape index (κ3) is 3.98. The number of para-hydroxylation sites is 4. The molecule has 0 unspecified atom stereocenters. The van der Waals surface area contributed by atoms with Gasteiger partial charge in [-0.2, -0.15) is 0 Å². The number of fused-ring (bicyclic) bond motifs is 6. The van der Waals surface area contributed by atoms with Gasteiger partial charge in [-0.05, 0) is 86.3 Å². The van der Waals surface area contributed by atoms with Crippen LogP contribution in [0.5, 0.6) is 0 Å². The maximum absolute atomic E-state index is 6.21. The van der Waals surface area contributed by atoms with Gasteiger partial charge in [0.1, 0.15) is 17.0 Å². The van der Waals surface area contributed by atoms with Crippen molar-refractivity contribution in [3.05, 3.63) is 170 Å². The Morgan fingerprint density at radius 2 is 0.979 bits per heavy atom. The van der Waals surface area contributed by atoms with Crippen molar-refractivity contribution in [3.63, 3.8) is 0 Å². The summed E-state index contributed by atoms with van der Waals surface area (Å²) in [6.07, 6.45) is 0. The van der Waals surface area contributed by atoms with Crippen molar-refractivity contribution in [1.29, 1.82) is 0 Å². The van der Waals surface area contributed by atoms with Gasteiger partial charge >= 0.3 is 0 Å². The number of furan rings is 1. The van der Waals surface area contributed by atoms with Gasteiger partial charge in [0.25, 0.3) is 0 Å². The van der Waals surface area contributed by atoms with Gasteiger partial charge < -0.3 is 4.42 Å². The Balaban J connectivity index is 1.29. The van der Waals surface area contributed by atoms with Crippen molar-refractivity contribution in [2.45, 2.75) is 0 Å². The highest BCUT2D eigenvalue weighted by atomic mass is 16.3. The summed E-state index contributed by atoms with van der Waals surface area (Å²) in [6, 6.07) is 60.2. The molecular formula is C45H28N2O. The molecular weight excluding hydrogens is 585 g/mol. The summed E-state index contributed by atoms with van der Waals surface area (Å²) in [4.78, 5) is 5.27. The molecule has 0 saturated heterocycles. The van der Waals surface area contributed by atoms with Crippen molar-refractivity contribution in [3.8, 4) is 39.3 Å². The van der Waals surface area contributed by atoms with Crippen LogP contribution < -0.4 is 0 Å². The van der Waals surface area contributed by atoms with Crippen molar-refractivity contribution in [2.75, 3.05) is 0 Å². The van der Waals surface area contributed by atoms with E-state index in [9.17, 15) is 0 Å². The molecule has 0 bridgehead atoms. The van der Waals surface area contributed by atoms with Crippen LogP contribution in [0.2, 0.25) is 0 Å². The van der Waals surface area contributed by atoms with E-state index in [1.54, 1.807) is 0 Å². The Hall–Kier alpha value is -6.45. The molecule has 0 aliphatic carbocycles. The molecule has 0 radical (unpaired) electrons. The molecule has 0 saturated carbocycles. The minimum atomic E-state index is 0.903. The van der Waals surface area contributed by atoms with Crippen molar-refractivity contribution < 1.29 is 4.42 Å². The smallest absolute Gasteiger partial charge is 0.146 e. The van der Waals surface area contributed by atoms with Gasteiger partial charge in [-0.25, -0.2) is 4.98 Å². The SMILES string of the molecule is c1ccc(-n2c(-c3ccccc3-c3c4ccccc4c(-c4ccc5oc6ccccc6c5c4)c4ccccc34)nc3ccccc32)cc1. The zero-order valence-electron chi connectivity index (χ0n) is 26.0. The molecule has 2 heterocycles. The van der Waals surface area contributed by atoms with Crippen LogP contribution in [0.25, 0.3) is 93.8 Å². The third-order valence-corrected chi connectivity index (χ3v) is 9.61. The highest BCUT2D eigenvalue weighted by Crippen LogP contribution is 2.47. The second-order valence-corrected chi connectivity index (χ2v) is 12.3. The van der Waals surface area contributed by atoms with E-state index >= 15 is 0 Å². The topological polar surface area (TPSA) is 31.0 Å². The lowest BCUT2D eigenvalue weighted by atomic mass is 9.84. The first-order chi connectivity index (χ1) is 23.8. The number of aromatic nitrogens is 2. The lowest BCUT2D eigenvalue weighted by Gasteiger charge is -2.20. The second kappa shape index (κ2) is 10.5. The summed E-state index contributed by atoms with van der Waals surface area (Å²) < 4.78 is 8.49. The van der Waals surface area contributed by atoms with Crippen LogP contribution in [0.3, 0.4) is 0 Å². The molecule has 0 spiro atoms. The monoisotopic (exact) mass is 612 g/mol. The van der Waals surface area contributed by atoms with E-state index < -0.39 is 0 Å². The summed E-state index contributed by atoms with van der Waals surface area (Å²) in [5, 5.41) is 7.10. The lowest BCUT2D eigenvalue weighted by Crippen LogP contribution is -1.99. The second-order valence-electron chi connectivity index (χ2n) is 12.3. The standard InChI is InChI=1S/C45H28N2O/c1-2-14-30(15-3-1)47-40-24-12-11-23-39(40)46-45(47)37-22-9-8-21-36(37)44-34-19-6-4-17-32(34)43(33-18-5-7-20-35(33)44)29-26-27-42-38(28-29)31-16-10-13-25-41(31)48-42/h1-28H. The summed E-state index contributed by atoms with van der Waals surface area (Å²) in [7, 11) is 0. The van der Waals surface area contributed by atoms with Gasteiger partial charge in [-0.1, -0.05) is 127 Å². The molecule has 2 aromatic heterocycles. The highest BCUT2D eigenvalue weighted by Gasteiger charge is 2.22. The number of hydrogen-bond donors (Lipinski definition) is 0. The van der Waals surface area contributed by atoms with Crippen LogP contribution in [0.15, 0.2) is 174 Å². The van der Waals surface area contributed by atoms with E-state index in [0.717, 1.165) is 55.6 Å². The van der Waals surface area contributed by atoms with E-state index in [0.29, 0.717) is 0 Å². The fourth-order valence-electron chi connectivity index (χ4n) is 7.55. The predicted octanol–water partition coefficient (Wildman–Crippen LogP) is 12.2. The van der Waals surface area contributed by atoms with Crippen LogP contribution in [0.1, 0.15) is 0 Å². The fraction of sp³-hybridized carbons (Fsp3) is 0. The molecule has 10 rings (SSSR count). The Labute approximate surface area is 277 Å². The summed E-state index contributed by atoms with van der Waals surface area (Å²) in [5.41, 5.74) is 10.8. The normalized spacial score (nSPS) is 11.8. The number of imidazole rings is 1. The summed E-state index contributed by atoms with van der Waals surface area (Å²) >= 11 is 0. The molecule has 48 heavy (non-hydrogen) atoms. The van der Waals surface area contributed by atoms with E-state index in [1.165, 1.54) is 38.2 Å². The number of nitrogens with zero attached hydrogens (tertiary/aromatic N) is 2. The molecule has 0 fully saturated rings. The van der Waals surface area contributed by atoms with Crippen LogP contribution >= 0.6 is 0 Å². The first-order valence-corrected chi connectivity index (χ1v) is 16.3. The Morgan fingerprint density at radius 1 is 0.417 bits per heavy atom. The van der Waals surface area contributed by atoms with Crippen LogP contribution in [0, 0.1) is 0 Å². The molecule has 0 aliphatic heterocycles. The molecule has 10 aromatic rings. The average Bonchev–Trinajstić information content (AvgIpc) is 3.73. The van der Waals surface area contributed by atoms with E-state index in [2.05, 4.69) is 162 Å². The third-order valence-electron chi connectivity index (χ3n) is 9.61.